The van der Waals surface area contributed by atoms with E-state index in [1.54, 1.807) is 0 Å². The van der Waals surface area contributed by atoms with E-state index in [4.69, 9.17) is 0 Å². The van der Waals surface area contributed by atoms with Crippen molar-refractivity contribution in [3.05, 3.63) is 29.8 Å². The third kappa shape index (κ3) is 2.93. The average Bonchev–Trinajstić information content (AvgIpc) is 2.96. The minimum absolute atomic E-state index is 0.0797. The second-order valence-corrected chi connectivity index (χ2v) is 6.12. The number of carbonyl (C=O) groups is 1. The summed E-state index contributed by atoms with van der Waals surface area (Å²) in [6, 6.07) is 1.32. The van der Waals surface area contributed by atoms with Crippen LogP contribution >= 0.6 is 0 Å². The first kappa shape index (κ1) is 14.4. The molecule has 2 heterocycles. The Morgan fingerprint density at radius 3 is 2.81 bits per heavy atom. The third-order valence-electron chi connectivity index (χ3n) is 4.79. The van der Waals surface area contributed by atoms with Crippen LogP contribution in [-0.4, -0.2) is 39.6 Å². The van der Waals surface area contributed by atoms with Crippen molar-refractivity contribution in [1.82, 2.24) is 9.88 Å². The van der Waals surface area contributed by atoms with Gasteiger partial charge in [-0.1, -0.05) is 12.8 Å². The molecule has 3 atom stereocenters. The van der Waals surface area contributed by atoms with Crippen molar-refractivity contribution >= 4 is 5.91 Å². The first-order valence-electron chi connectivity index (χ1n) is 7.76. The number of hydrogen-bond donors (Lipinski definition) is 1. The fourth-order valence-corrected chi connectivity index (χ4v) is 3.77. The first-order valence-corrected chi connectivity index (χ1v) is 7.76. The van der Waals surface area contributed by atoms with Crippen LogP contribution in [0.1, 0.15) is 48.9 Å². The van der Waals surface area contributed by atoms with Gasteiger partial charge in [-0.25, -0.2) is 4.39 Å². The van der Waals surface area contributed by atoms with E-state index >= 15 is 0 Å². The Morgan fingerprint density at radius 2 is 2.05 bits per heavy atom. The van der Waals surface area contributed by atoms with Crippen molar-refractivity contribution in [3.8, 4) is 0 Å². The van der Waals surface area contributed by atoms with E-state index in [1.807, 2.05) is 4.90 Å². The van der Waals surface area contributed by atoms with Gasteiger partial charge >= 0.3 is 0 Å². The van der Waals surface area contributed by atoms with Crippen LogP contribution in [0.15, 0.2) is 18.5 Å². The Hall–Kier alpha value is -1.49. The summed E-state index contributed by atoms with van der Waals surface area (Å²) in [5.74, 6) is -0.497. The standard InChI is InChI=1S/C16H21FN2O2/c17-12-8-11(9-18-10-12)16(21)19-7-3-5-14(19)13-4-1-2-6-15(13)20/h8-10,13-15,20H,1-7H2. The number of likely N-dealkylation sites (tertiary alicyclic amines) is 1. The number of carbonyl (C=O) groups excluding carboxylic acids is 1. The maximum atomic E-state index is 13.3. The molecule has 3 rings (SSSR count). The van der Waals surface area contributed by atoms with Crippen LogP contribution in [0.2, 0.25) is 0 Å². The lowest BCUT2D eigenvalue weighted by atomic mass is 9.80. The van der Waals surface area contributed by atoms with Gasteiger partial charge in [0, 0.05) is 24.7 Å². The molecule has 3 unspecified atom stereocenters. The van der Waals surface area contributed by atoms with Crippen molar-refractivity contribution in [3.63, 3.8) is 0 Å². The van der Waals surface area contributed by atoms with Crippen LogP contribution in [0, 0.1) is 11.7 Å². The number of aliphatic hydroxyl groups is 1. The number of amides is 1. The largest absolute Gasteiger partial charge is 0.393 e. The molecule has 0 spiro atoms. The van der Waals surface area contributed by atoms with Crippen molar-refractivity contribution in [2.24, 2.45) is 5.92 Å². The molecule has 0 aromatic carbocycles. The molecule has 1 saturated carbocycles. The summed E-state index contributed by atoms with van der Waals surface area (Å²) in [5.41, 5.74) is 0.298. The highest BCUT2D eigenvalue weighted by atomic mass is 19.1. The maximum absolute atomic E-state index is 13.3. The predicted octanol–water partition coefficient (Wildman–Crippen LogP) is 2.38. The van der Waals surface area contributed by atoms with Gasteiger partial charge in [0.1, 0.15) is 5.82 Å². The lowest BCUT2D eigenvalue weighted by molar-refractivity contribution is 0.0211. The number of rotatable bonds is 2. The van der Waals surface area contributed by atoms with E-state index in [0.29, 0.717) is 12.1 Å². The van der Waals surface area contributed by atoms with E-state index < -0.39 is 5.82 Å². The molecule has 21 heavy (non-hydrogen) atoms. The molecule has 2 fully saturated rings. The molecule has 0 bridgehead atoms. The van der Waals surface area contributed by atoms with E-state index in [-0.39, 0.29) is 24.0 Å². The van der Waals surface area contributed by atoms with E-state index in [9.17, 15) is 14.3 Å². The third-order valence-corrected chi connectivity index (χ3v) is 4.79. The molecule has 4 nitrogen and oxygen atoms in total. The van der Waals surface area contributed by atoms with Gasteiger partial charge < -0.3 is 10.0 Å². The lowest BCUT2D eigenvalue weighted by Crippen LogP contribution is -2.45. The fourth-order valence-electron chi connectivity index (χ4n) is 3.77. The van der Waals surface area contributed by atoms with E-state index in [1.165, 1.54) is 12.3 Å². The van der Waals surface area contributed by atoms with Crippen LogP contribution in [0.25, 0.3) is 0 Å². The van der Waals surface area contributed by atoms with Gasteiger partial charge in [-0.05, 0) is 31.7 Å². The summed E-state index contributed by atoms with van der Waals surface area (Å²) >= 11 is 0. The molecule has 1 aliphatic carbocycles. The number of hydrogen-bond acceptors (Lipinski definition) is 3. The monoisotopic (exact) mass is 292 g/mol. The summed E-state index contributed by atoms with van der Waals surface area (Å²) in [6.07, 6.45) is 8.04. The van der Waals surface area contributed by atoms with Gasteiger partial charge in [-0.3, -0.25) is 9.78 Å². The molecular weight excluding hydrogens is 271 g/mol. The van der Waals surface area contributed by atoms with Gasteiger partial charge in [0.05, 0.1) is 17.9 Å². The molecule has 1 aromatic rings. The first-order chi connectivity index (χ1) is 10.2. The predicted molar refractivity (Wildman–Crippen MR) is 76.2 cm³/mol. The zero-order valence-electron chi connectivity index (χ0n) is 12.0. The number of halogens is 1. The molecule has 5 heteroatoms. The lowest BCUT2D eigenvalue weighted by Gasteiger charge is -2.37. The minimum Gasteiger partial charge on any atom is -0.393 e. The van der Waals surface area contributed by atoms with Crippen LogP contribution in [0.4, 0.5) is 4.39 Å². The Bertz CT molecular complexity index is 523. The number of aromatic nitrogens is 1. The van der Waals surface area contributed by atoms with Gasteiger partial charge in [0.15, 0.2) is 0 Å². The van der Waals surface area contributed by atoms with Crippen molar-refractivity contribution in [1.29, 1.82) is 0 Å². The summed E-state index contributed by atoms with van der Waals surface area (Å²) in [7, 11) is 0. The molecule has 1 N–H and O–H groups in total. The average molecular weight is 292 g/mol. The highest BCUT2D eigenvalue weighted by Gasteiger charge is 2.39. The molecule has 1 saturated heterocycles. The smallest absolute Gasteiger partial charge is 0.255 e. The summed E-state index contributed by atoms with van der Waals surface area (Å²) < 4.78 is 13.3. The van der Waals surface area contributed by atoms with Crippen molar-refractivity contribution in [2.75, 3.05) is 6.54 Å². The van der Waals surface area contributed by atoms with Crippen LogP contribution < -0.4 is 0 Å². The summed E-state index contributed by atoms with van der Waals surface area (Å²) in [6.45, 7) is 0.684. The van der Waals surface area contributed by atoms with Gasteiger partial charge in [0.2, 0.25) is 0 Å². The molecule has 1 aliphatic heterocycles. The topological polar surface area (TPSA) is 53.4 Å². The van der Waals surface area contributed by atoms with Crippen LogP contribution in [0.3, 0.4) is 0 Å². The molecular formula is C16H21FN2O2. The minimum atomic E-state index is -0.491. The molecule has 2 aliphatic rings. The summed E-state index contributed by atoms with van der Waals surface area (Å²) in [4.78, 5) is 18.2. The van der Waals surface area contributed by atoms with E-state index in [2.05, 4.69) is 4.98 Å². The molecule has 1 amide bonds. The molecule has 114 valence electrons. The second-order valence-electron chi connectivity index (χ2n) is 6.12. The van der Waals surface area contributed by atoms with Gasteiger partial charge in [-0.2, -0.15) is 0 Å². The highest BCUT2D eigenvalue weighted by molar-refractivity contribution is 5.94. The Morgan fingerprint density at radius 1 is 1.24 bits per heavy atom. The highest BCUT2D eigenvalue weighted by Crippen LogP contribution is 2.35. The molecule has 0 radical (unpaired) electrons. The van der Waals surface area contributed by atoms with Gasteiger partial charge in [0.25, 0.3) is 5.91 Å². The maximum Gasteiger partial charge on any atom is 0.255 e. The Kier molecular flexibility index (Phi) is 4.19. The normalized spacial score (nSPS) is 29.6. The van der Waals surface area contributed by atoms with Gasteiger partial charge in [-0.15, -0.1) is 0 Å². The SMILES string of the molecule is O=C(c1cncc(F)c1)N1CCCC1C1CCCCC1O. The summed E-state index contributed by atoms with van der Waals surface area (Å²) in [5, 5.41) is 10.2. The zero-order chi connectivity index (χ0) is 14.8. The number of aliphatic hydroxyl groups excluding tert-OH is 1. The van der Waals surface area contributed by atoms with Crippen molar-refractivity contribution < 1.29 is 14.3 Å². The molecule has 1 aromatic heterocycles. The Balaban J connectivity index is 1.78. The van der Waals surface area contributed by atoms with Crippen LogP contribution in [0.5, 0.6) is 0 Å². The van der Waals surface area contributed by atoms with Crippen molar-refractivity contribution in [2.45, 2.75) is 50.7 Å². The zero-order valence-corrected chi connectivity index (χ0v) is 12.0. The quantitative estimate of drug-likeness (QED) is 0.910. The second kappa shape index (κ2) is 6.10. The van der Waals surface area contributed by atoms with E-state index in [0.717, 1.165) is 44.7 Å². The fraction of sp³-hybridized carbons (Fsp3) is 0.625. The Labute approximate surface area is 124 Å². The van der Waals surface area contributed by atoms with Crippen LogP contribution in [-0.2, 0) is 0 Å². The number of pyridine rings is 1. The number of nitrogens with zero attached hydrogens (tertiary/aromatic N) is 2.